The van der Waals surface area contributed by atoms with Crippen molar-refractivity contribution in [1.29, 1.82) is 0 Å². The summed E-state index contributed by atoms with van der Waals surface area (Å²) in [6, 6.07) is 12.9. The van der Waals surface area contributed by atoms with Gasteiger partial charge in [0.25, 0.3) is 11.8 Å². The van der Waals surface area contributed by atoms with Crippen LogP contribution in [0.5, 0.6) is 0 Å². The Morgan fingerprint density at radius 1 is 1.04 bits per heavy atom. The van der Waals surface area contributed by atoms with Gasteiger partial charge in [0.1, 0.15) is 0 Å². The van der Waals surface area contributed by atoms with E-state index in [1.165, 1.54) is 5.56 Å². The van der Waals surface area contributed by atoms with Crippen LogP contribution in [-0.2, 0) is 12.0 Å². The van der Waals surface area contributed by atoms with Gasteiger partial charge in [0, 0.05) is 17.7 Å². The second-order valence-electron chi connectivity index (χ2n) is 7.00. The van der Waals surface area contributed by atoms with Crippen molar-refractivity contribution in [1.82, 2.24) is 10.4 Å². The molecule has 0 saturated carbocycles. The lowest BCUT2D eigenvalue weighted by Gasteiger charge is -2.21. The second kappa shape index (κ2) is 5.36. The molecule has 5 heteroatoms. The van der Waals surface area contributed by atoms with Gasteiger partial charge in [0.15, 0.2) is 0 Å². The molecule has 4 rings (SSSR count). The van der Waals surface area contributed by atoms with Crippen molar-refractivity contribution in [2.75, 3.05) is 0 Å². The number of carbonyl (C=O) groups is 2. The highest BCUT2D eigenvalue weighted by Gasteiger charge is 2.35. The summed E-state index contributed by atoms with van der Waals surface area (Å²) < 4.78 is 0. The van der Waals surface area contributed by atoms with Gasteiger partial charge in [-0.1, -0.05) is 38.1 Å². The van der Waals surface area contributed by atoms with Gasteiger partial charge in [-0.15, -0.1) is 0 Å². The molecule has 0 atom stereocenters. The molecule has 1 N–H and O–H groups in total. The van der Waals surface area contributed by atoms with Crippen LogP contribution in [0, 0.1) is 0 Å². The minimum atomic E-state index is -0.304. The van der Waals surface area contributed by atoms with Crippen LogP contribution in [0.25, 0.3) is 0 Å². The number of rotatable bonds is 3. The number of nitrogens with zero attached hydrogens (tertiary/aromatic N) is 2. The Hall–Kier alpha value is -2.79. The molecule has 2 aromatic rings. The molecule has 2 amide bonds. The quantitative estimate of drug-likeness (QED) is 0.876. The largest absolute Gasteiger partial charge is 0.276 e. The first kappa shape index (κ1) is 15.7. The number of carbonyl (C=O) groups excluding carboxylic acids is 2. The zero-order valence-electron chi connectivity index (χ0n) is 14.5. The van der Waals surface area contributed by atoms with Crippen molar-refractivity contribution < 1.29 is 9.59 Å². The Bertz CT molecular complexity index is 909. The summed E-state index contributed by atoms with van der Waals surface area (Å²) in [4.78, 5) is 29.4. The summed E-state index contributed by atoms with van der Waals surface area (Å²) in [5.74, 6) is -0.609. The van der Waals surface area contributed by atoms with Crippen molar-refractivity contribution in [2.45, 2.75) is 32.7 Å². The predicted molar refractivity (Wildman–Crippen MR) is 96.0 cm³/mol. The smallest absolute Gasteiger partial charge is 0.267 e. The van der Waals surface area contributed by atoms with Gasteiger partial charge in [-0.05, 0) is 36.2 Å². The van der Waals surface area contributed by atoms with Gasteiger partial charge < -0.3 is 0 Å². The van der Waals surface area contributed by atoms with E-state index in [0.717, 1.165) is 22.0 Å². The van der Waals surface area contributed by atoms with E-state index in [2.05, 4.69) is 30.3 Å². The molecule has 2 aliphatic heterocycles. The van der Waals surface area contributed by atoms with Crippen molar-refractivity contribution in [3.8, 4) is 0 Å². The van der Waals surface area contributed by atoms with Crippen LogP contribution in [0.4, 0.5) is 5.69 Å². The average molecular weight is 333 g/mol. The normalized spacial score (nSPS) is 17.6. The Morgan fingerprint density at radius 3 is 2.32 bits per heavy atom. The van der Waals surface area contributed by atoms with Crippen LogP contribution in [0.2, 0.25) is 0 Å². The van der Waals surface area contributed by atoms with Crippen LogP contribution in [0.3, 0.4) is 0 Å². The van der Waals surface area contributed by atoms with Gasteiger partial charge in [0.2, 0.25) is 0 Å². The average Bonchev–Trinajstić information content (AvgIpc) is 2.98. The lowest BCUT2D eigenvalue weighted by atomic mass is 9.81. The molecular weight excluding hydrogens is 314 g/mol. The fourth-order valence-corrected chi connectivity index (χ4v) is 3.31. The highest BCUT2D eigenvalue weighted by atomic mass is 16.2. The SMILES string of the molecule is CC1=Nc2ccc(CNN3C(=O)c4ccccc4C3=O)cc2C1(C)C. The third kappa shape index (κ3) is 2.31. The minimum absolute atomic E-state index is 0.0964. The van der Waals surface area contributed by atoms with E-state index < -0.39 is 0 Å². The third-order valence-corrected chi connectivity index (χ3v) is 5.16. The predicted octanol–water partition coefficient (Wildman–Crippen LogP) is 3.37. The molecule has 126 valence electrons. The van der Waals surface area contributed by atoms with Crippen LogP contribution < -0.4 is 5.43 Å². The molecule has 5 nitrogen and oxygen atoms in total. The molecule has 2 aromatic carbocycles. The number of hydrogen-bond donors (Lipinski definition) is 1. The molecule has 0 aliphatic carbocycles. The molecule has 0 unspecified atom stereocenters. The number of hydrazine groups is 1. The summed E-state index contributed by atoms with van der Waals surface area (Å²) in [5.41, 5.74) is 8.03. The Morgan fingerprint density at radius 2 is 1.68 bits per heavy atom. The highest BCUT2D eigenvalue weighted by molar-refractivity contribution is 6.20. The monoisotopic (exact) mass is 333 g/mol. The number of imide groups is 1. The Labute approximate surface area is 146 Å². The fourth-order valence-electron chi connectivity index (χ4n) is 3.31. The summed E-state index contributed by atoms with van der Waals surface area (Å²) in [7, 11) is 0. The fraction of sp³-hybridized carbons (Fsp3) is 0.250. The number of benzene rings is 2. The van der Waals surface area contributed by atoms with Crippen molar-refractivity contribution in [2.24, 2.45) is 4.99 Å². The second-order valence-corrected chi connectivity index (χ2v) is 7.00. The lowest BCUT2D eigenvalue weighted by molar-refractivity contribution is 0.0562. The van der Waals surface area contributed by atoms with Gasteiger partial charge in [-0.25, -0.2) is 10.4 Å². The maximum Gasteiger partial charge on any atom is 0.276 e. The molecular formula is C20H19N3O2. The molecule has 0 radical (unpaired) electrons. The third-order valence-electron chi connectivity index (χ3n) is 5.16. The van der Waals surface area contributed by atoms with Crippen LogP contribution in [-0.4, -0.2) is 22.5 Å². The highest BCUT2D eigenvalue weighted by Crippen LogP contribution is 2.40. The zero-order chi connectivity index (χ0) is 17.8. The molecule has 0 saturated heterocycles. The molecule has 0 aromatic heterocycles. The molecule has 0 fully saturated rings. The van der Waals surface area contributed by atoms with E-state index in [1.54, 1.807) is 24.3 Å². The van der Waals surface area contributed by atoms with Crippen molar-refractivity contribution in [3.63, 3.8) is 0 Å². The van der Waals surface area contributed by atoms with Crippen LogP contribution >= 0.6 is 0 Å². The van der Waals surface area contributed by atoms with Crippen molar-refractivity contribution >= 4 is 23.2 Å². The van der Waals surface area contributed by atoms with Gasteiger partial charge in [0.05, 0.1) is 16.8 Å². The van der Waals surface area contributed by atoms with Gasteiger partial charge >= 0.3 is 0 Å². The van der Waals surface area contributed by atoms with E-state index in [1.807, 2.05) is 19.1 Å². The number of amides is 2. The summed E-state index contributed by atoms with van der Waals surface area (Å²) in [5, 5.41) is 1.10. The summed E-state index contributed by atoms with van der Waals surface area (Å²) in [6.07, 6.45) is 0. The van der Waals surface area contributed by atoms with E-state index in [-0.39, 0.29) is 17.2 Å². The maximum atomic E-state index is 12.4. The first-order chi connectivity index (χ1) is 11.9. The van der Waals surface area contributed by atoms with E-state index in [4.69, 9.17) is 0 Å². The molecule has 25 heavy (non-hydrogen) atoms. The molecule has 2 heterocycles. The minimum Gasteiger partial charge on any atom is -0.267 e. The molecule has 0 spiro atoms. The first-order valence-corrected chi connectivity index (χ1v) is 8.30. The number of nitrogens with one attached hydrogen (secondary N) is 1. The zero-order valence-corrected chi connectivity index (χ0v) is 14.5. The Balaban J connectivity index is 1.54. The number of fused-ring (bicyclic) bond motifs is 2. The van der Waals surface area contributed by atoms with Gasteiger partial charge in [-0.2, -0.15) is 0 Å². The van der Waals surface area contributed by atoms with E-state index in [9.17, 15) is 9.59 Å². The summed E-state index contributed by atoms with van der Waals surface area (Å²) >= 11 is 0. The first-order valence-electron chi connectivity index (χ1n) is 8.30. The Kier molecular flexibility index (Phi) is 3.37. The molecule has 2 aliphatic rings. The number of aliphatic imine (C=N–C) groups is 1. The standard InChI is InChI=1S/C20H19N3O2/c1-12-20(2,3)16-10-13(8-9-17(16)22-12)11-21-23-18(24)14-6-4-5-7-15(14)19(23)25/h4-10,21H,11H2,1-3H3. The topological polar surface area (TPSA) is 61.8 Å². The van der Waals surface area contributed by atoms with Crippen molar-refractivity contribution in [3.05, 3.63) is 64.7 Å². The van der Waals surface area contributed by atoms with Gasteiger partial charge in [-0.3, -0.25) is 14.6 Å². The maximum absolute atomic E-state index is 12.4. The van der Waals surface area contributed by atoms with E-state index in [0.29, 0.717) is 17.7 Å². The molecule has 0 bridgehead atoms. The van der Waals surface area contributed by atoms with E-state index >= 15 is 0 Å². The summed E-state index contributed by atoms with van der Waals surface area (Å²) in [6.45, 7) is 6.74. The van der Waals surface area contributed by atoms with Crippen LogP contribution in [0.15, 0.2) is 47.5 Å². The van der Waals surface area contributed by atoms with Crippen LogP contribution in [0.1, 0.15) is 52.6 Å². The lowest BCUT2D eigenvalue weighted by Crippen LogP contribution is -2.41. The number of hydrogen-bond acceptors (Lipinski definition) is 4.